The van der Waals surface area contributed by atoms with Gasteiger partial charge in [0.15, 0.2) is 0 Å². The van der Waals surface area contributed by atoms with Crippen LogP contribution in [0.25, 0.3) is 10.1 Å². The summed E-state index contributed by atoms with van der Waals surface area (Å²) in [5.74, 6) is -1.30. The Kier molecular flexibility index (Phi) is 8.42. The molecule has 1 aliphatic heterocycles. The second-order valence-electron chi connectivity index (χ2n) is 10.2. The van der Waals surface area contributed by atoms with Crippen LogP contribution in [0.2, 0.25) is 0 Å². The number of nitrogens with zero attached hydrogens (tertiary/aromatic N) is 1. The molecule has 3 aromatic carbocycles. The number of likely N-dealkylation sites (tertiary alicyclic amines) is 1. The number of rotatable bonds is 5. The molecule has 0 saturated carbocycles. The first kappa shape index (κ1) is 28.8. The lowest BCUT2D eigenvalue weighted by Crippen LogP contribution is -2.33. The van der Waals surface area contributed by atoms with Crippen LogP contribution in [0.3, 0.4) is 0 Å². The topological polar surface area (TPSA) is 90.2 Å². The molecule has 41 heavy (non-hydrogen) atoms. The van der Waals surface area contributed by atoms with Gasteiger partial charge in [-0.05, 0) is 84.4 Å². The maximum atomic E-state index is 10.9. The van der Waals surface area contributed by atoms with Crippen molar-refractivity contribution in [2.24, 2.45) is 0 Å². The minimum Gasteiger partial charge on any atom is -0.508 e. The molecule has 1 aromatic heterocycles. The highest BCUT2D eigenvalue weighted by atomic mass is 32.1. The van der Waals surface area contributed by atoms with Crippen LogP contribution >= 0.6 is 11.3 Å². The Balaban J connectivity index is 0.000000431. The molecule has 1 saturated heterocycles. The number of fused-ring (bicyclic) bond motifs is 4. The Morgan fingerprint density at radius 1 is 0.976 bits per heavy atom. The van der Waals surface area contributed by atoms with Crippen molar-refractivity contribution >= 4 is 27.4 Å². The number of thiophene rings is 1. The van der Waals surface area contributed by atoms with E-state index in [1.165, 1.54) is 42.8 Å². The molecular weight excluding hydrogens is 555 g/mol. The van der Waals surface area contributed by atoms with E-state index in [1.54, 1.807) is 23.5 Å². The molecular formula is C31H30F3NO5S. The van der Waals surface area contributed by atoms with Crippen molar-refractivity contribution in [1.82, 2.24) is 4.90 Å². The van der Waals surface area contributed by atoms with Crippen LogP contribution in [-0.4, -0.2) is 58.6 Å². The third-order valence-corrected chi connectivity index (χ3v) is 8.64. The molecule has 0 spiro atoms. The van der Waals surface area contributed by atoms with Gasteiger partial charge in [0.25, 0.3) is 0 Å². The van der Waals surface area contributed by atoms with Gasteiger partial charge in [-0.25, -0.2) is 4.79 Å². The number of phenolic OH excluding ortho intramolecular Hbond substituents is 2. The van der Waals surface area contributed by atoms with Gasteiger partial charge in [-0.3, -0.25) is 4.90 Å². The Bertz CT molecular complexity index is 1530. The van der Waals surface area contributed by atoms with E-state index in [0.717, 1.165) is 45.5 Å². The molecule has 3 N–H and O–H groups in total. The Morgan fingerprint density at radius 3 is 2.37 bits per heavy atom. The quantitative estimate of drug-likeness (QED) is 0.208. The fourth-order valence-electron chi connectivity index (χ4n) is 5.57. The SMILES string of the molecule is O=C(O)C(F)(F)F.Oc1ccc2c3c(sc2c1)Cc1cccc(O)c1C3c1ccc(OCCN2CCCCC2)cc1. The van der Waals surface area contributed by atoms with E-state index in [2.05, 4.69) is 35.2 Å². The number of hydrogen-bond acceptors (Lipinski definition) is 6. The van der Waals surface area contributed by atoms with Gasteiger partial charge in [0.2, 0.25) is 0 Å². The minimum absolute atomic E-state index is 0.0550. The zero-order valence-electron chi connectivity index (χ0n) is 22.2. The molecule has 0 amide bonds. The molecule has 10 heteroatoms. The molecule has 216 valence electrons. The van der Waals surface area contributed by atoms with Crippen LogP contribution in [0.4, 0.5) is 13.2 Å². The van der Waals surface area contributed by atoms with E-state index in [-0.39, 0.29) is 11.7 Å². The summed E-state index contributed by atoms with van der Waals surface area (Å²) in [5, 5.41) is 29.2. The highest BCUT2D eigenvalue weighted by Gasteiger charge is 2.38. The van der Waals surface area contributed by atoms with Gasteiger partial charge in [0.1, 0.15) is 23.9 Å². The molecule has 2 aliphatic rings. The lowest BCUT2D eigenvalue weighted by molar-refractivity contribution is -0.192. The van der Waals surface area contributed by atoms with Crippen molar-refractivity contribution in [3.63, 3.8) is 0 Å². The van der Waals surface area contributed by atoms with Gasteiger partial charge >= 0.3 is 12.1 Å². The van der Waals surface area contributed by atoms with Crippen molar-refractivity contribution in [2.45, 2.75) is 37.8 Å². The van der Waals surface area contributed by atoms with Crippen LogP contribution < -0.4 is 4.74 Å². The number of halogens is 3. The molecule has 1 aliphatic carbocycles. The summed E-state index contributed by atoms with van der Waals surface area (Å²) in [6, 6.07) is 19.8. The van der Waals surface area contributed by atoms with Gasteiger partial charge < -0.3 is 20.1 Å². The molecule has 6 nitrogen and oxygen atoms in total. The molecule has 0 bridgehead atoms. The number of benzene rings is 3. The fraction of sp³-hybridized carbons (Fsp3) is 0.323. The molecule has 1 atom stereocenters. The summed E-state index contributed by atoms with van der Waals surface area (Å²) in [7, 11) is 0. The zero-order chi connectivity index (χ0) is 29.1. The molecule has 1 fully saturated rings. The third kappa shape index (κ3) is 6.44. The normalized spacial score (nSPS) is 16.8. The van der Waals surface area contributed by atoms with Crippen molar-refractivity contribution in [3.05, 3.63) is 87.8 Å². The van der Waals surface area contributed by atoms with Crippen LogP contribution in [0.15, 0.2) is 60.7 Å². The second kappa shape index (κ2) is 12.0. The number of hydrogen-bond donors (Lipinski definition) is 3. The van der Waals surface area contributed by atoms with Gasteiger partial charge in [-0.2, -0.15) is 13.2 Å². The number of carboxylic acids is 1. The number of carboxylic acid groups (broad SMARTS) is 1. The number of alkyl halides is 3. The Morgan fingerprint density at radius 2 is 1.68 bits per heavy atom. The monoisotopic (exact) mass is 585 g/mol. The highest BCUT2D eigenvalue weighted by Crippen LogP contribution is 2.50. The summed E-state index contributed by atoms with van der Waals surface area (Å²) >= 11 is 1.74. The number of aromatic hydroxyl groups is 2. The van der Waals surface area contributed by atoms with Crippen LogP contribution in [0, 0.1) is 0 Å². The van der Waals surface area contributed by atoms with Crippen LogP contribution in [0.5, 0.6) is 17.2 Å². The van der Waals surface area contributed by atoms with E-state index in [9.17, 15) is 23.4 Å². The third-order valence-electron chi connectivity index (χ3n) is 7.47. The molecule has 6 rings (SSSR count). The lowest BCUT2D eigenvalue weighted by atomic mass is 9.76. The zero-order valence-corrected chi connectivity index (χ0v) is 23.0. The average Bonchev–Trinajstić information content (AvgIpc) is 3.30. The number of aliphatic carboxylic acids is 1. The first-order chi connectivity index (χ1) is 19.6. The average molecular weight is 586 g/mol. The van der Waals surface area contributed by atoms with E-state index >= 15 is 0 Å². The van der Waals surface area contributed by atoms with Crippen LogP contribution in [0.1, 0.15) is 52.3 Å². The van der Waals surface area contributed by atoms with Gasteiger partial charge in [0, 0.05) is 34.0 Å². The maximum Gasteiger partial charge on any atom is 0.490 e. The standard InChI is InChI=1S/C29H29NO3S.C2HF3O2/c31-21-9-12-23-25(18-21)34-26-17-20-5-4-6-24(32)27(20)28(29(23)26)19-7-10-22(11-8-19)33-16-15-30-13-2-1-3-14-30;3-2(4,5)1(6)7/h4-12,18,28,31-32H,1-3,13-17H2;(H,6,7). The van der Waals surface area contributed by atoms with E-state index in [0.29, 0.717) is 12.4 Å². The van der Waals surface area contributed by atoms with Crippen LogP contribution in [-0.2, 0) is 11.2 Å². The smallest absolute Gasteiger partial charge is 0.490 e. The Hall–Kier alpha value is -3.76. The Labute approximate surface area is 239 Å². The van der Waals surface area contributed by atoms with Gasteiger partial charge in [-0.15, -0.1) is 11.3 Å². The first-order valence-corrected chi connectivity index (χ1v) is 14.2. The summed E-state index contributed by atoms with van der Waals surface area (Å²) in [5.41, 5.74) is 4.53. The van der Waals surface area contributed by atoms with E-state index in [4.69, 9.17) is 14.6 Å². The largest absolute Gasteiger partial charge is 0.508 e. The summed E-state index contributed by atoms with van der Waals surface area (Å²) < 4.78 is 38.9. The van der Waals surface area contributed by atoms with Gasteiger partial charge in [0.05, 0.1) is 0 Å². The van der Waals surface area contributed by atoms with Crippen molar-refractivity contribution in [3.8, 4) is 17.2 Å². The summed E-state index contributed by atoms with van der Waals surface area (Å²) in [6.07, 6.45) is -0.346. The number of phenols is 2. The van der Waals surface area contributed by atoms with E-state index in [1.807, 2.05) is 18.2 Å². The first-order valence-electron chi connectivity index (χ1n) is 13.4. The summed E-state index contributed by atoms with van der Waals surface area (Å²) in [6.45, 7) is 4.04. The molecule has 2 heterocycles. The van der Waals surface area contributed by atoms with Crippen molar-refractivity contribution in [1.29, 1.82) is 0 Å². The second-order valence-corrected chi connectivity index (χ2v) is 11.3. The number of carbonyl (C=O) groups is 1. The predicted molar refractivity (Wildman–Crippen MR) is 151 cm³/mol. The number of ether oxygens (including phenoxy) is 1. The lowest BCUT2D eigenvalue weighted by Gasteiger charge is -2.28. The summed E-state index contributed by atoms with van der Waals surface area (Å²) in [4.78, 5) is 12.7. The predicted octanol–water partition coefficient (Wildman–Crippen LogP) is 6.89. The minimum atomic E-state index is -5.08. The van der Waals surface area contributed by atoms with Crippen molar-refractivity contribution < 1.29 is 38.0 Å². The van der Waals surface area contributed by atoms with Crippen molar-refractivity contribution in [2.75, 3.05) is 26.2 Å². The maximum absolute atomic E-state index is 10.9. The molecule has 0 radical (unpaired) electrons. The molecule has 1 unspecified atom stereocenters. The number of piperidine rings is 1. The molecule has 4 aromatic rings. The highest BCUT2D eigenvalue weighted by molar-refractivity contribution is 7.19. The fourth-order valence-corrected chi connectivity index (χ4v) is 6.87. The van der Waals surface area contributed by atoms with Gasteiger partial charge in [-0.1, -0.05) is 30.7 Å². The van der Waals surface area contributed by atoms with E-state index < -0.39 is 12.1 Å².